The van der Waals surface area contributed by atoms with Crippen LogP contribution in [0.3, 0.4) is 0 Å². The minimum absolute atomic E-state index is 0.00764. The summed E-state index contributed by atoms with van der Waals surface area (Å²) in [6, 6.07) is 56.0. The number of rotatable bonds is 31. The van der Waals surface area contributed by atoms with E-state index in [1.54, 1.807) is 11.8 Å². The molecule has 8 aromatic carbocycles. The monoisotopic (exact) mass is 2050 g/mol. The number of carbonyl (C=O) groups is 6. The van der Waals surface area contributed by atoms with Gasteiger partial charge in [0, 0.05) is 191 Å². The molecule has 0 unspecified atom stereocenters. The van der Waals surface area contributed by atoms with Crippen molar-refractivity contribution in [2.45, 2.75) is 128 Å². The molecule has 0 radical (unpaired) electrons. The lowest BCUT2D eigenvalue weighted by molar-refractivity contribution is -0.130. The molecule has 0 spiro atoms. The summed E-state index contributed by atoms with van der Waals surface area (Å²) in [5.74, 6) is 0.866. The van der Waals surface area contributed by atoms with E-state index in [-0.39, 0.29) is 54.7 Å². The molecular formula is C99H110Br3Cl3N12O9S3. The first kappa shape index (κ1) is 95.9. The largest absolute Gasteiger partial charge is 0.379 e. The van der Waals surface area contributed by atoms with Crippen LogP contribution in [0.1, 0.15) is 115 Å². The van der Waals surface area contributed by atoms with Gasteiger partial charge in [-0.05, 0) is 172 Å². The standard InChI is InChI=1S/C34H36BrClN4O3S.C33H34BrClN4O3S.C32H40BrClN4O3S/c1-23-4-2-5-27(18-23)44-34(33(42)37-12-3-13-39-14-16-43-17-15-39)20-31(41)40(22-24-6-8-25(35)9-7-24)32(34)29-21-38-30-19-26(36)10-11-28(29)30;1-22-2-9-26(10-3-22)43-33(32(41)36-12-13-38-14-16-42-17-15-38)19-30(40)39(21-23-4-6-24(34)7-5-23)31(33)28-20-37-29-18-25(35)8-11-27(28)29;1-22(2)10-17-42-32(31(40)35-11-3-12-37-13-15-41-16-14-37)19-29(39)38(21-23-4-6-24(33)7-5-23)30(32)27-20-36-28-18-25(34)8-9-26(27)28/h2,4-11,18-19,21,32,38H,3,12-17,20,22H2,1H3,(H,37,42);2-11,18,20,31,37H,12-17,19,21H2,1H3,(H,36,41);4-9,18,20,22,30,36H,3,10-17,19,21H2,1-2H3,(H,35,40)/t32-,34-;31-,33-;30-,32-/m000/s1. The molecule has 17 rings (SSSR count). The van der Waals surface area contributed by atoms with Crippen LogP contribution >= 0.6 is 118 Å². The summed E-state index contributed by atoms with van der Waals surface area (Å²) < 4.78 is 16.2. The predicted octanol–water partition coefficient (Wildman–Crippen LogP) is 19.5. The Bertz CT molecular complexity index is 5720. The number of nitrogens with zero attached hydrogens (tertiary/aromatic N) is 6. The smallest absolute Gasteiger partial charge is 0.239 e. The minimum atomic E-state index is -1.11. The molecule has 680 valence electrons. The van der Waals surface area contributed by atoms with Gasteiger partial charge in [-0.2, -0.15) is 0 Å². The molecule has 3 aromatic heterocycles. The topological polar surface area (TPSA) is 233 Å². The number of halogens is 6. The van der Waals surface area contributed by atoms with Gasteiger partial charge < -0.3 is 59.8 Å². The summed E-state index contributed by atoms with van der Waals surface area (Å²) in [5.41, 5.74) is 10.6. The van der Waals surface area contributed by atoms with E-state index in [2.05, 4.69) is 113 Å². The van der Waals surface area contributed by atoms with Crippen molar-refractivity contribution in [3.05, 3.63) is 268 Å². The SMILES string of the molecule is CC(C)CCS[C@@]1(C(=O)NCCCN2CCOCC2)CC(=O)N(Cc2ccc(Br)cc2)[C@H]1c1c[nH]c2cc(Cl)ccc12.Cc1ccc(S[C@@]2(C(=O)NCCN3CCOCC3)CC(=O)N(Cc3ccc(Br)cc3)[C@H]2c2c[nH]c3cc(Cl)ccc23)cc1.Cc1cccc(S[C@@]2(C(=O)NCCCN3CCOCC3)CC(=O)N(Cc3ccc(Br)cc3)[C@H]2c2c[nH]c3cc(Cl)ccc23)c1. The molecule has 6 aliphatic heterocycles. The van der Waals surface area contributed by atoms with E-state index in [1.807, 2.05) is 217 Å². The van der Waals surface area contributed by atoms with Crippen LogP contribution < -0.4 is 16.0 Å². The fourth-order valence-electron chi connectivity index (χ4n) is 18.2. The Kier molecular flexibility index (Phi) is 33.0. The van der Waals surface area contributed by atoms with Crippen molar-refractivity contribution in [1.82, 2.24) is 60.3 Å². The lowest BCUT2D eigenvalue weighted by Crippen LogP contribution is -2.50. The molecule has 11 aromatic rings. The summed E-state index contributed by atoms with van der Waals surface area (Å²) in [6.07, 6.45) is 8.80. The fraction of sp³-hybridized carbons (Fsp3) is 0.394. The predicted molar refractivity (Wildman–Crippen MR) is 530 cm³/mol. The molecular weight excluding hydrogens is 1940 g/mol. The first-order valence-electron chi connectivity index (χ1n) is 44.2. The molecule has 0 aliphatic carbocycles. The van der Waals surface area contributed by atoms with Crippen LogP contribution in [0.4, 0.5) is 0 Å². The van der Waals surface area contributed by atoms with E-state index in [9.17, 15) is 28.8 Å². The number of H-pyrrole nitrogens is 3. The highest BCUT2D eigenvalue weighted by Crippen LogP contribution is 2.58. The fourth-order valence-corrected chi connectivity index (χ4v) is 24.2. The highest BCUT2D eigenvalue weighted by Gasteiger charge is 2.61. The number of aromatic nitrogens is 3. The van der Waals surface area contributed by atoms with E-state index in [4.69, 9.17) is 49.0 Å². The summed E-state index contributed by atoms with van der Waals surface area (Å²) in [5, 5.41) is 14.5. The van der Waals surface area contributed by atoms with E-state index in [0.717, 1.165) is 211 Å². The number of aromatic amines is 3. The summed E-state index contributed by atoms with van der Waals surface area (Å²) >= 11 is 34.2. The molecule has 6 amide bonds. The number of carbonyl (C=O) groups excluding carboxylic acids is 6. The number of likely N-dealkylation sites (tertiary alicyclic amines) is 3. The van der Waals surface area contributed by atoms with Crippen molar-refractivity contribution in [3.8, 4) is 0 Å². The maximum absolute atomic E-state index is 14.6. The second-order valence-corrected chi connectivity index (χ2v) is 42.6. The van der Waals surface area contributed by atoms with Gasteiger partial charge in [0.1, 0.15) is 14.2 Å². The van der Waals surface area contributed by atoms with Crippen LogP contribution in [0.25, 0.3) is 32.7 Å². The van der Waals surface area contributed by atoms with Crippen molar-refractivity contribution < 1.29 is 43.0 Å². The minimum Gasteiger partial charge on any atom is -0.379 e. The Morgan fingerprint density at radius 1 is 0.434 bits per heavy atom. The number of aryl methyl sites for hydroxylation is 2. The number of amides is 6. The highest BCUT2D eigenvalue weighted by atomic mass is 79.9. The van der Waals surface area contributed by atoms with E-state index in [1.165, 1.54) is 23.5 Å². The molecule has 9 heterocycles. The Labute approximate surface area is 807 Å². The third-order valence-corrected chi connectivity index (χ3v) is 31.5. The number of hydrogen-bond donors (Lipinski definition) is 6. The number of hydrogen-bond acceptors (Lipinski definition) is 15. The zero-order valence-electron chi connectivity index (χ0n) is 72.9. The van der Waals surface area contributed by atoms with E-state index < -0.39 is 32.4 Å². The normalized spacial score (nSPS) is 21.1. The summed E-state index contributed by atoms with van der Waals surface area (Å²) in [4.78, 5) is 110. The van der Waals surface area contributed by atoms with Gasteiger partial charge >= 0.3 is 0 Å². The molecule has 0 saturated carbocycles. The van der Waals surface area contributed by atoms with Crippen molar-refractivity contribution >= 4 is 186 Å². The zero-order valence-corrected chi connectivity index (χ0v) is 82.4. The zero-order chi connectivity index (χ0) is 90.4. The lowest BCUT2D eigenvalue weighted by atomic mass is 9.91. The van der Waals surface area contributed by atoms with Gasteiger partial charge in [-0.15, -0.1) is 35.3 Å². The number of morpholine rings is 3. The second-order valence-electron chi connectivity index (χ2n) is 34.4. The van der Waals surface area contributed by atoms with Crippen molar-refractivity contribution in [1.29, 1.82) is 0 Å². The number of benzene rings is 8. The van der Waals surface area contributed by atoms with Crippen LogP contribution in [0.2, 0.25) is 15.1 Å². The quantitative estimate of drug-likeness (QED) is 0.0222. The molecule has 6 atom stereocenters. The third-order valence-electron chi connectivity index (χ3n) is 24.9. The van der Waals surface area contributed by atoms with Crippen molar-refractivity contribution in [3.63, 3.8) is 0 Å². The van der Waals surface area contributed by atoms with Crippen LogP contribution in [-0.4, -0.2) is 218 Å². The number of fused-ring (bicyclic) bond motifs is 3. The summed E-state index contributed by atoms with van der Waals surface area (Å²) in [7, 11) is 0. The van der Waals surface area contributed by atoms with Crippen molar-refractivity contribution in [2.24, 2.45) is 5.92 Å². The lowest BCUT2D eigenvalue weighted by Gasteiger charge is -2.36. The molecule has 129 heavy (non-hydrogen) atoms. The van der Waals surface area contributed by atoms with Gasteiger partial charge in [0.15, 0.2) is 0 Å². The van der Waals surface area contributed by atoms with Crippen LogP contribution in [-0.2, 0) is 62.6 Å². The Morgan fingerprint density at radius 2 is 0.791 bits per heavy atom. The van der Waals surface area contributed by atoms with Gasteiger partial charge in [0.25, 0.3) is 0 Å². The number of nitrogens with one attached hydrogen (secondary N) is 6. The first-order chi connectivity index (χ1) is 62.4. The van der Waals surface area contributed by atoms with E-state index in [0.29, 0.717) is 73.5 Å². The van der Waals surface area contributed by atoms with Crippen LogP contribution in [0.15, 0.2) is 218 Å². The number of thioether (sulfide) groups is 3. The van der Waals surface area contributed by atoms with Gasteiger partial charge in [0.05, 0.1) is 77.0 Å². The number of ether oxygens (including phenoxy) is 3. The van der Waals surface area contributed by atoms with Crippen LogP contribution in [0.5, 0.6) is 0 Å². The second kappa shape index (κ2) is 44.4. The molecule has 30 heteroatoms. The maximum atomic E-state index is 14.6. The third kappa shape index (κ3) is 23.4. The van der Waals surface area contributed by atoms with Crippen LogP contribution in [0, 0.1) is 19.8 Å². The van der Waals surface area contributed by atoms with Crippen molar-refractivity contribution in [2.75, 3.05) is 124 Å². The Hall–Kier alpha value is -7.68. The highest BCUT2D eigenvalue weighted by molar-refractivity contribution is 9.11. The molecule has 6 fully saturated rings. The average Bonchev–Trinajstić information content (AvgIpc) is 1.58. The van der Waals surface area contributed by atoms with Gasteiger partial charge in [-0.25, -0.2) is 0 Å². The molecule has 0 bridgehead atoms. The molecule has 6 N–H and O–H groups in total. The van der Waals surface area contributed by atoms with Gasteiger partial charge in [0.2, 0.25) is 35.4 Å². The van der Waals surface area contributed by atoms with Gasteiger partial charge in [-0.3, -0.25) is 43.5 Å². The first-order valence-corrected chi connectivity index (χ1v) is 50.4. The Morgan fingerprint density at radius 3 is 1.18 bits per heavy atom. The average molecular weight is 2050 g/mol. The Balaban J connectivity index is 0.000000149. The molecule has 21 nitrogen and oxygen atoms in total. The maximum Gasteiger partial charge on any atom is 0.239 e. The summed E-state index contributed by atoms with van der Waals surface area (Å²) in [6.45, 7) is 23.6. The molecule has 6 saturated heterocycles. The van der Waals surface area contributed by atoms with E-state index >= 15 is 0 Å². The van der Waals surface area contributed by atoms with Gasteiger partial charge in [-0.1, -0.05) is 186 Å². The molecule has 6 aliphatic rings.